The lowest BCUT2D eigenvalue weighted by Crippen LogP contribution is -2.55. The summed E-state index contributed by atoms with van der Waals surface area (Å²) in [7, 11) is -2.59. The van der Waals surface area contributed by atoms with Gasteiger partial charge in [0.2, 0.25) is 5.91 Å². The molecule has 0 radical (unpaired) electrons. The number of rotatable bonds is 6. The van der Waals surface area contributed by atoms with E-state index >= 15 is 0 Å². The molecule has 0 spiro atoms. The van der Waals surface area contributed by atoms with Gasteiger partial charge in [0, 0.05) is 32.4 Å². The number of piperazine rings is 1. The molecule has 1 amide bonds. The second-order valence-electron chi connectivity index (χ2n) is 8.18. The zero-order valence-electron chi connectivity index (χ0n) is 18.1. The lowest BCUT2D eigenvalue weighted by molar-refractivity contribution is -0.237. The molecule has 33 heavy (non-hydrogen) atoms. The number of sulfonamides is 1. The van der Waals surface area contributed by atoms with E-state index in [0.29, 0.717) is 17.7 Å². The lowest BCUT2D eigenvalue weighted by atomic mass is 9.87. The van der Waals surface area contributed by atoms with Crippen molar-refractivity contribution in [3.8, 4) is 0 Å². The summed E-state index contributed by atoms with van der Waals surface area (Å²) in [6.07, 6.45) is -2.13. The first-order chi connectivity index (χ1) is 15.2. The van der Waals surface area contributed by atoms with Crippen molar-refractivity contribution >= 4 is 27.3 Å². The quantitative estimate of drug-likeness (QED) is 0.452. The third-order valence-corrected chi connectivity index (χ3v) is 9.22. The van der Waals surface area contributed by atoms with Crippen LogP contribution in [0.2, 0.25) is 0 Å². The molecule has 2 N–H and O–H groups in total. The van der Waals surface area contributed by atoms with Crippen molar-refractivity contribution in [1.82, 2.24) is 14.3 Å². The van der Waals surface area contributed by atoms with E-state index in [1.165, 1.54) is 29.6 Å². The zero-order chi connectivity index (χ0) is 24.6. The average molecular weight is 510 g/mol. The number of alkyl halides is 3. The molecule has 2 atom stereocenters. The molecular weight excluding hydrogens is 483 g/mol. The topological polar surface area (TPSA) is 101 Å². The fourth-order valence-corrected chi connectivity index (χ4v) is 6.54. The minimum atomic E-state index is -4.81. The molecule has 2 heterocycles. The molecule has 1 aliphatic carbocycles. The number of halogens is 3. The molecular formula is C20H26F3N3O5S2. The van der Waals surface area contributed by atoms with Crippen molar-refractivity contribution in [2.24, 2.45) is 0 Å². The molecule has 1 fully saturated rings. The Morgan fingerprint density at radius 1 is 1.27 bits per heavy atom. The maximum Gasteiger partial charge on any atom is 0.420 e. The first-order valence-corrected chi connectivity index (χ1v) is 12.5. The summed E-state index contributed by atoms with van der Waals surface area (Å²) in [5.41, 5.74) is -2.47. The van der Waals surface area contributed by atoms with Crippen LogP contribution < -0.4 is 0 Å². The van der Waals surface area contributed by atoms with Crippen LogP contribution in [0, 0.1) is 0 Å². The van der Waals surface area contributed by atoms with Gasteiger partial charge >= 0.3 is 6.18 Å². The maximum atomic E-state index is 13.2. The van der Waals surface area contributed by atoms with E-state index in [0.717, 1.165) is 11.3 Å². The first kappa shape index (κ1) is 25.7. The zero-order valence-corrected chi connectivity index (χ0v) is 19.8. The van der Waals surface area contributed by atoms with E-state index < -0.39 is 33.7 Å². The number of amides is 1. The molecule has 0 saturated carbocycles. The van der Waals surface area contributed by atoms with Gasteiger partial charge in [-0.25, -0.2) is 13.5 Å². The Bertz CT molecular complexity index is 1030. The minimum absolute atomic E-state index is 0.0199. The van der Waals surface area contributed by atoms with Gasteiger partial charge in [0.05, 0.1) is 12.5 Å². The summed E-state index contributed by atoms with van der Waals surface area (Å²) in [5.74, 6) is -0.618. The molecule has 2 unspecified atom stereocenters. The molecule has 1 saturated heterocycles. The standard InChI is InChI=1S/C20H26F3N3O5S2/c1-19(28,20(21,22)23)14-5-7-15(8-6-14)26-10-9-25(13-16(26)12-17(27)24(2)29)33(30,31)18-4-3-11-32-18/h3-5,7,11,16,28-29H,6,8-10,12-13H2,1-2H3. The maximum absolute atomic E-state index is 13.2. The van der Waals surface area contributed by atoms with Gasteiger partial charge in [0.1, 0.15) is 4.21 Å². The van der Waals surface area contributed by atoms with E-state index in [1.807, 2.05) is 0 Å². The Balaban J connectivity index is 1.86. The number of hydrogen-bond acceptors (Lipinski definition) is 7. The normalized spacial score (nSPS) is 22.4. The van der Waals surface area contributed by atoms with Crippen molar-refractivity contribution in [3.05, 3.63) is 40.9 Å². The van der Waals surface area contributed by atoms with Gasteiger partial charge in [-0.1, -0.05) is 12.1 Å². The van der Waals surface area contributed by atoms with Crippen molar-refractivity contribution in [2.45, 2.75) is 48.2 Å². The van der Waals surface area contributed by atoms with Crippen LogP contribution in [-0.4, -0.2) is 83.4 Å². The van der Waals surface area contributed by atoms with Gasteiger partial charge in [-0.2, -0.15) is 17.5 Å². The largest absolute Gasteiger partial charge is 0.420 e. The molecule has 1 aromatic rings. The van der Waals surface area contributed by atoms with Crippen LogP contribution in [0.3, 0.4) is 0 Å². The summed E-state index contributed by atoms with van der Waals surface area (Å²) >= 11 is 1.08. The Labute approximate surface area is 194 Å². The number of carbonyl (C=O) groups is 1. The number of nitrogens with zero attached hydrogens (tertiary/aromatic N) is 3. The second-order valence-corrected chi connectivity index (χ2v) is 11.3. The summed E-state index contributed by atoms with van der Waals surface area (Å²) in [4.78, 5) is 14.0. The monoisotopic (exact) mass is 509 g/mol. The molecule has 0 bridgehead atoms. The molecule has 13 heteroatoms. The number of carbonyl (C=O) groups excluding carboxylic acids is 1. The third kappa shape index (κ3) is 5.27. The van der Waals surface area contributed by atoms with Gasteiger partial charge in [0.25, 0.3) is 10.0 Å². The molecule has 0 aromatic carbocycles. The van der Waals surface area contributed by atoms with Crippen LogP contribution in [0.4, 0.5) is 13.2 Å². The van der Waals surface area contributed by atoms with Gasteiger partial charge < -0.3 is 10.0 Å². The fourth-order valence-electron chi connectivity index (χ4n) is 3.92. The smallest absolute Gasteiger partial charge is 0.377 e. The van der Waals surface area contributed by atoms with Crippen molar-refractivity contribution in [1.29, 1.82) is 0 Å². The predicted molar refractivity (Wildman–Crippen MR) is 115 cm³/mol. The van der Waals surface area contributed by atoms with Crippen LogP contribution >= 0.6 is 11.3 Å². The van der Waals surface area contributed by atoms with E-state index in [4.69, 9.17) is 0 Å². The van der Waals surface area contributed by atoms with Gasteiger partial charge in [0.15, 0.2) is 5.60 Å². The Morgan fingerprint density at radius 3 is 2.48 bits per heavy atom. The Kier molecular flexibility index (Phi) is 7.30. The number of hydroxylamine groups is 2. The number of aliphatic hydroxyl groups is 1. The van der Waals surface area contributed by atoms with Crippen LogP contribution in [0.1, 0.15) is 26.2 Å². The highest BCUT2D eigenvalue weighted by Crippen LogP contribution is 2.40. The molecule has 3 rings (SSSR count). The third-order valence-electron chi connectivity index (χ3n) is 5.98. The van der Waals surface area contributed by atoms with Crippen LogP contribution in [0.25, 0.3) is 0 Å². The summed E-state index contributed by atoms with van der Waals surface area (Å²) < 4.78 is 66.9. The van der Waals surface area contributed by atoms with Crippen molar-refractivity contribution in [2.75, 3.05) is 26.7 Å². The van der Waals surface area contributed by atoms with E-state index in [2.05, 4.69) is 0 Å². The van der Waals surface area contributed by atoms with E-state index in [1.54, 1.807) is 16.3 Å². The predicted octanol–water partition coefficient (Wildman–Crippen LogP) is 2.58. The van der Waals surface area contributed by atoms with E-state index in [-0.39, 0.29) is 48.7 Å². The van der Waals surface area contributed by atoms with Crippen molar-refractivity contribution in [3.63, 3.8) is 0 Å². The summed E-state index contributed by atoms with van der Waals surface area (Å²) in [6.45, 7) is 1.05. The highest BCUT2D eigenvalue weighted by atomic mass is 32.2. The minimum Gasteiger partial charge on any atom is -0.377 e. The molecule has 1 aliphatic heterocycles. The fraction of sp³-hybridized carbons (Fsp3) is 0.550. The molecule has 8 nitrogen and oxygen atoms in total. The van der Waals surface area contributed by atoms with Crippen LogP contribution in [-0.2, 0) is 14.8 Å². The van der Waals surface area contributed by atoms with Crippen molar-refractivity contribution < 1.29 is 36.7 Å². The number of allylic oxidation sites excluding steroid dienone is 3. The lowest BCUT2D eigenvalue weighted by Gasteiger charge is -2.44. The van der Waals surface area contributed by atoms with Crippen LogP contribution in [0.5, 0.6) is 0 Å². The number of hydrogen-bond donors (Lipinski definition) is 2. The highest BCUT2D eigenvalue weighted by molar-refractivity contribution is 7.91. The molecule has 2 aliphatic rings. The highest BCUT2D eigenvalue weighted by Gasteiger charge is 2.52. The second kappa shape index (κ2) is 9.37. The number of thiophene rings is 1. The summed E-state index contributed by atoms with van der Waals surface area (Å²) in [6, 6.07) is 2.50. The van der Waals surface area contributed by atoms with Crippen LogP contribution in [0.15, 0.2) is 45.1 Å². The Morgan fingerprint density at radius 2 is 1.97 bits per heavy atom. The molecule has 1 aromatic heterocycles. The molecule has 184 valence electrons. The average Bonchev–Trinajstić information content (AvgIpc) is 3.29. The van der Waals surface area contributed by atoms with E-state index in [9.17, 15) is 36.7 Å². The SMILES string of the molecule is CN(O)C(=O)CC1CN(S(=O)(=O)c2cccs2)CCN1C1=CC=C(C(C)(O)C(F)(F)F)CC1. The Hall–Kier alpha value is -1.93. The van der Waals surface area contributed by atoms with Gasteiger partial charge in [-0.15, -0.1) is 11.3 Å². The van der Waals surface area contributed by atoms with Gasteiger partial charge in [-0.3, -0.25) is 10.0 Å². The first-order valence-electron chi connectivity index (χ1n) is 10.2. The summed E-state index contributed by atoms with van der Waals surface area (Å²) in [5, 5.41) is 21.5. The van der Waals surface area contributed by atoms with Gasteiger partial charge in [-0.05, 0) is 42.9 Å².